The van der Waals surface area contributed by atoms with E-state index in [-0.39, 0.29) is 18.0 Å². The maximum absolute atomic E-state index is 12.1. The number of aromatic nitrogens is 1. The van der Waals surface area contributed by atoms with Crippen LogP contribution in [0.3, 0.4) is 0 Å². The summed E-state index contributed by atoms with van der Waals surface area (Å²) in [7, 11) is 0. The van der Waals surface area contributed by atoms with Crippen LogP contribution >= 0.6 is 0 Å². The zero-order valence-corrected chi connectivity index (χ0v) is 12.2. The Morgan fingerprint density at radius 1 is 1.55 bits per heavy atom. The number of aryl methyl sites for hydroxylation is 1. The summed E-state index contributed by atoms with van der Waals surface area (Å²) in [5.41, 5.74) is -0.389. The highest BCUT2D eigenvalue weighted by molar-refractivity contribution is 5.79. The first kappa shape index (κ1) is 15.0. The molecule has 1 N–H and O–H groups in total. The molecule has 6 heteroatoms. The standard InChI is InChI=1S/C14H23N3O3/c1-3-16(9-12-6-4-5-7-15-12)10-14(19)17-13(18)8-11(2)20-17/h8,12,15H,3-7,9-10H2,1-2H3. The Bertz CT molecular complexity index is 500. The van der Waals surface area contributed by atoms with Crippen molar-refractivity contribution in [3.63, 3.8) is 0 Å². The molecule has 0 aromatic carbocycles. The first-order valence-corrected chi connectivity index (χ1v) is 7.29. The summed E-state index contributed by atoms with van der Waals surface area (Å²) in [6.45, 7) is 6.55. The molecule has 112 valence electrons. The molecule has 1 unspecified atom stereocenters. The van der Waals surface area contributed by atoms with Crippen LogP contribution in [0, 0.1) is 6.92 Å². The molecule has 1 aliphatic rings. The van der Waals surface area contributed by atoms with E-state index in [1.54, 1.807) is 6.92 Å². The first-order valence-electron chi connectivity index (χ1n) is 7.29. The summed E-state index contributed by atoms with van der Waals surface area (Å²) in [4.78, 5) is 25.7. The largest absolute Gasteiger partial charge is 0.373 e. The number of nitrogens with zero attached hydrogens (tertiary/aromatic N) is 2. The normalized spacial score (nSPS) is 19.4. The Labute approximate surface area is 118 Å². The van der Waals surface area contributed by atoms with E-state index in [0.29, 0.717) is 11.8 Å². The van der Waals surface area contributed by atoms with E-state index >= 15 is 0 Å². The molecule has 1 aromatic heterocycles. The Balaban J connectivity index is 1.93. The lowest BCUT2D eigenvalue weighted by molar-refractivity contribution is 0.0708. The Morgan fingerprint density at radius 2 is 2.35 bits per heavy atom. The topological polar surface area (TPSA) is 67.5 Å². The SMILES string of the molecule is CCN(CC(=O)n1oc(C)cc1=O)CC1CCCCN1. The van der Waals surface area contributed by atoms with Crippen LogP contribution in [0.2, 0.25) is 0 Å². The summed E-state index contributed by atoms with van der Waals surface area (Å²) in [5.74, 6) is 0.154. The molecule has 1 fully saturated rings. The summed E-state index contributed by atoms with van der Waals surface area (Å²) >= 11 is 0. The van der Waals surface area contributed by atoms with Crippen molar-refractivity contribution < 1.29 is 9.32 Å². The molecule has 0 aliphatic carbocycles. The van der Waals surface area contributed by atoms with Crippen molar-refractivity contribution in [2.75, 3.05) is 26.2 Å². The fourth-order valence-corrected chi connectivity index (χ4v) is 2.57. The van der Waals surface area contributed by atoms with Crippen molar-refractivity contribution in [3.8, 4) is 0 Å². The Hall–Kier alpha value is -1.40. The maximum Gasteiger partial charge on any atom is 0.290 e. The molecule has 1 atom stereocenters. The van der Waals surface area contributed by atoms with Crippen LogP contribution in [0.4, 0.5) is 0 Å². The number of nitrogens with one attached hydrogen (secondary N) is 1. The lowest BCUT2D eigenvalue weighted by Gasteiger charge is -2.29. The molecule has 0 bridgehead atoms. The minimum atomic E-state index is -0.389. The van der Waals surface area contributed by atoms with E-state index in [2.05, 4.69) is 10.2 Å². The summed E-state index contributed by atoms with van der Waals surface area (Å²) in [5, 5.41) is 3.47. The summed E-state index contributed by atoms with van der Waals surface area (Å²) < 4.78 is 5.98. The molecular formula is C14H23N3O3. The van der Waals surface area contributed by atoms with Gasteiger partial charge in [0.1, 0.15) is 5.76 Å². The van der Waals surface area contributed by atoms with E-state index in [0.717, 1.165) is 30.8 Å². The van der Waals surface area contributed by atoms with Crippen LogP contribution in [0.1, 0.15) is 36.7 Å². The van der Waals surface area contributed by atoms with Crippen LogP contribution < -0.4 is 10.9 Å². The van der Waals surface area contributed by atoms with Crippen molar-refractivity contribution in [1.82, 2.24) is 15.0 Å². The Kier molecular flexibility index (Phi) is 5.14. The summed E-state index contributed by atoms with van der Waals surface area (Å²) in [6.07, 6.45) is 3.60. The molecule has 0 amide bonds. The molecule has 1 saturated heterocycles. The predicted molar refractivity (Wildman–Crippen MR) is 76.1 cm³/mol. The monoisotopic (exact) mass is 281 g/mol. The van der Waals surface area contributed by atoms with Crippen molar-refractivity contribution in [2.24, 2.45) is 0 Å². The van der Waals surface area contributed by atoms with E-state index < -0.39 is 0 Å². The molecular weight excluding hydrogens is 258 g/mol. The minimum absolute atomic E-state index is 0.210. The molecule has 2 heterocycles. The van der Waals surface area contributed by atoms with Crippen LogP contribution in [-0.4, -0.2) is 47.8 Å². The van der Waals surface area contributed by atoms with E-state index in [1.807, 2.05) is 6.92 Å². The highest BCUT2D eigenvalue weighted by atomic mass is 16.5. The molecule has 1 aromatic rings. The van der Waals surface area contributed by atoms with Gasteiger partial charge in [-0.05, 0) is 32.9 Å². The third kappa shape index (κ3) is 3.80. The van der Waals surface area contributed by atoms with Gasteiger partial charge in [0.05, 0.1) is 6.54 Å². The average Bonchev–Trinajstić information content (AvgIpc) is 2.78. The predicted octanol–water partition coefficient (Wildman–Crippen LogP) is 0.854. The molecule has 0 saturated carbocycles. The molecule has 1 aliphatic heterocycles. The molecule has 0 radical (unpaired) electrons. The van der Waals surface area contributed by atoms with Crippen LogP contribution in [-0.2, 0) is 0 Å². The summed E-state index contributed by atoms with van der Waals surface area (Å²) in [6, 6.07) is 1.77. The molecule has 20 heavy (non-hydrogen) atoms. The molecule has 6 nitrogen and oxygen atoms in total. The fourth-order valence-electron chi connectivity index (χ4n) is 2.57. The van der Waals surface area contributed by atoms with Crippen molar-refractivity contribution in [2.45, 2.75) is 39.2 Å². The Morgan fingerprint density at radius 3 is 2.90 bits per heavy atom. The number of carbonyl (C=O) groups is 1. The zero-order chi connectivity index (χ0) is 14.5. The number of hydrogen-bond acceptors (Lipinski definition) is 5. The van der Waals surface area contributed by atoms with Gasteiger partial charge in [-0.1, -0.05) is 13.3 Å². The number of carbonyl (C=O) groups excluding carboxylic acids is 1. The van der Waals surface area contributed by atoms with Gasteiger partial charge in [0.15, 0.2) is 0 Å². The van der Waals surface area contributed by atoms with Gasteiger partial charge in [0, 0.05) is 18.7 Å². The second-order valence-corrected chi connectivity index (χ2v) is 5.35. The molecule has 0 spiro atoms. The van der Waals surface area contributed by atoms with Gasteiger partial charge in [-0.2, -0.15) is 0 Å². The quantitative estimate of drug-likeness (QED) is 0.867. The average molecular weight is 281 g/mol. The van der Waals surface area contributed by atoms with Crippen LogP contribution in [0.25, 0.3) is 0 Å². The van der Waals surface area contributed by atoms with E-state index in [4.69, 9.17) is 4.52 Å². The van der Waals surface area contributed by atoms with Crippen LogP contribution in [0.15, 0.2) is 15.4 Å². The smallest absolute Gasteiger partial charge is 0.290 e. The van der Waals surface area contributed by atoms with Gasteiger partial charge in [-0.25, -0.2) is 0 Å². The van der Waals surface area contributed by atoms with Gasteiger partial charge in [-0.15, -0.1) is 4.74 Å². The first-order chi connectivity index (χ1) is 9.60. The number of hydrogen-bond donors (Lipinski definition) is 1. The number of likely N-dealkylation sites (N-methyl/N-ethyl adjacent to an activating group) is 1. The van der Waals surface area contributed by atoms with E-state index in [1.165, 1.54) is 18.9 Å². The van der Waals surface area contributed by atoms with Crippen molar-refractivity contribution in [3.05, 3.63) is 22.2 Å². The van der Waals surface area contributed by atoms with Crippen molar-refractivity contribution >= 4 is 5.91 Å². The minimum Gasteiger partial charge on any atom is -0.373 e. The van der Waals surface area contributed by atoms with Crippen molar-refractivity contribution in [1.29, 1.82) is 0 Å². The lowest BCUT2D eigenvalue weighted by atomic mass is 10.0. The second-order valence-electron chi connectivity index (χ2n) is 5.35. The zero-order valence-electron chi connectivity index (χ0n) is 12.2. The molecule has 2 rings (SSSR count). The van der Waals surface area contributed by atoms with Gasteiger partial charge < -0.3 is 9.84 Å². The highest BCUT2D eigenvalue weighted by Crippen LogP contribution is 2.08. The van der Waals surface area contributed by atoms with Gasteiger partial charge in [-0.3, -0.25) is 14.5 Å². The number of rotatable bonds is 5. The lowest BCUT2D eigenvalue weighted by Crippen LogP contribution is -2.46. The van der Waals surface area contributed by atoms with Gasteiger partial charge in [0.2, 0.25) is 0 Å². The van der Waals surface area contributed by atoms with Gasteiger partial charge >= 0.3 is 0 Å². The van der Waals surface area contributed by atoms with Gasteiger partial charge in [0.25, 0.3) is 11.5 Å². The third-order valence-corrected chi connectivity index (χ3v) is 3.69. The maximum atomic E-state index is 12.1. The van der Waals surface area contributed by atoms with E-state index in [9.17, 15) is 9.59 Å². The number of piperidine rings is 1. The third-order valence-electron chi connectivity index (χ3n) is 3.69. The second kappa shape index (κ2) is 6.85. The highest BCUT2D eigenvalue weighted by Gasteiger charge is 2.20. The fraction of sp³-hybridized carbons (Fsp3) is 0.714. The van der Waals surface area contributed by atoms with Crippen LogP contribution in [0.5, 0.6) is 0 Å².